The van der Waals surface area contributed by atoms with Crippen molar-refractivity contribution in [2.24, 2.45) is 0 Å². The van der Waals surface area contributed by atoms with Crippen LogP contribution in [0.2, 0.25) is 0 Å². The minimum atomic E-state index is -3.62. The third-order valence-corrected chi connectivity index (χ3v) is 5.74. The van der Waals surface area contributed by atoms with Crippen molar-refractivity contribution in [3.05, 3.63) is 46.8 Å². The zero-order valence-corrected chi connectivity index (χ0v) is 15.9. The molecule has 1 aliphatic rings. The lowest BCUT2D eigenvalue weighted by Crippen LogP contribution is -2.28. The number of fused-ring (bicyclic) bond motifs is 1. The number of nitrogens with zero attached hydrogens (tertiary/aromatic N) is 1. The number of ether oxygens (including phenoxy) is 1. The van der Waals surface area contributed by atoms with Gasteiger partial charge >= 0.3 is 0 Å². The van der Waals surface area contributed by atoms with Gasteiger partial charge in [0.1, 0.15) is 0 Å². The highest BCUT2D eigenvalue weighted by Crippen LogP contribution is 2.16. The Morgan fingerprint density at radius 1 is 1.37 bits per heavy atom. The molecule has 1 aliphatic heterocycles. The van der Waals surface area contributed by atoms with Crippen molar-refractivity contribution in [2.45, 2.75) is 24.4 Å². The summed E-state index contributed by atoms with van der Waals surface area (Å²) in [7, 11) is -2.11. The molecular formula is C17H23N5O4S. The lowest BCUT2D eigenvalue weighted by atomic mass is 10.1. The lowest BCUT2D eigenvalue weighted by molar-refractivity contribution is 0.0944. The first-order valence-electron chi connectivity index (χ1n) is 8.64. The van der Waals surface area contributed by atoms with E-state index in [1.54, 1.807) is 12.1 Å². The van der Waals surface area contributed by atoms with Crippen LogP contribution in [-0.4, -0.2) is 51.3 Å². The SMILES string of the molecule is COCCNS(=O)(=O)c1cccc(CNC(=O)c2n[nH]c3c2CNCC3)c1. The molecule has 10 heteroatoms. The molecule has 146 valence electrons. The maximum Gasteiger partial charge on any atom is 0.272 e. The second-order valence-corrected chi connectivity index (χ2v) is 7.94. The molecule has 1 aromatic carbocycles. The van der Waals surface area contributed by atoms with Crippen LogP contribution in [0.5, 0.6) is 0 Å². The van der Waals surface area contributed by atoms with Crippen LogP contribution in [0, 0.1) is 0 Å². The van der Waals surface area contributed by atoms with Crippen LogP contribution in [0.1, 0.15) is 27.3 Å². The predicted molar refractivity (Wildman–Crippen MR) is 98.7 cm³/mol. The van der Waals surface area contributed by atoms with Gasteiger partial charge in [-0.05, 0) is 17.7 Å². The van der Waals surface area contributed by atoms with E-state index in [-0.39, 0.29) is 30.5 Å². The van der Waals surface area contributed by atoms with Crippen molar-refractivity contribution < 1.29 is 17.9 Å². The quantitative estimate of drug-likeness (QED) is 0.465. The first-order chi connectivity index (χ1) is 13.0. The van der Waals surface area contributed by atoms with Crippen molar-refractivity contribution in [1.29, 1.82) is 0 Å². The summed E-state index contributed by atoms with van der Waals surface area (Å²) in [5, 5.41) is 13.0. The molecule has 1 amide bonds. The zero-order chi connectivity index (χ0) is 19.3. The fourth-order valence-corrected chi connectivity index (χ4v) is 3.95. The molecule has 3 rings (SSSR count). The maximum absolute atomic E-state index is 12.4. The number of rotatable bonds is 8. The van der Waals surface area contributed by atoms with Crippen LogP contribution in [-0.2, 0) is 34.3 Å². The molecule has 0 bridgehead atoms. The summed E-state index contributed by atoms with van der Waals surface area (Å²) in [6.07, 6.45) is 0.811. The minimum Gasteiger partial charge on any atom is -0.383 e. The first-order valence-corrected chi connectivity index (χ1v) is 10.1. The van der Waals surface area contributed by atoms with Crippen molar-refractivity contribution in [3.63, 3.8) is 0 Å². The molecule has 1 aromatic heterocycles. The van der Waals surface area contributed by atoms with E-state index in [1.807, 2.05) is 0 Å². The van der Waals surface area contributed by atoms with Crippen molar-refractivity contribution in [1.82, 2.24) is 25.6 Å². The summed E-state index contributed by atoms with van der Waals surface area (Å²) in [4.78, 5) is 12.6. The summed E-state index contributed by atoms with van der Waals surface area (Å²) in [5.41, 5.74) is 2.93. The summed E-state index contributed by atoms with van der Waals surface area (Å²) in [6, 6.07) is 6.45. The Hall–Kier alpha value is -2.27. The maximum atomic E-state index is 12.4. The van der Waals surface area contributed by atoms with Crippen LogP contribution >= 0.6 is 0 Å². The molecule has 9 nitrogen and oxygen atoms in total. The second kappa shape index (κ2) is 8.61. The number of nitrogens with one attached hydrogen (secondary N) is 4. The highest BCUT2D eigenvalue weighted by molar-refractivity contribution is 7.89. The number of carbonyl (C=O) groups excluding carboxylic acids is 1. The Balaban J connectivity index is 1.65. The lowest BCUT2D eigenvalue weighted by Gasteiger charge is -2.13. The molecule has 0 aliphatic carbocycles. The largest absolute Gasteiger partial charge is 0.383 e. The number of amides is 1. The molecule has 2 aromatic rings. The van der Waals surface area contributed by atoms with E-state index >= 15 is 0 Å². The van der Waals surface area contributed by atoms with Gasteiger partial charge in [0, 0.05) is 51.0 Å². The monoisotopic (exact) mass is 393 g/mol. The molecule has 2 heterocycles. The number of hydrogen-bond donors (Lipinski definition) is 4. The Morgan fingerprint density at radius 3 is 3.04 bits per heavy atom. The van der Waals surface area contributed by atoms with Gasteiger partial charge in [0.05, 0.1) is 11.5 Å². The first kappa shape index (κ1) is 19.5. The Kier molecular flexibility index (Phi) is 6.22. The molecule has 0 fully saturated rings. The summed E-state index contributed by atoms with van der Waals surface area (Å²) in [5.74, 6) is -0.289. The van der Waals surface area contributed by atoms with Crippen molar-refractivity contribution in [3.8, 4) is 0 Å². The second-order valence-electron chi connectivity index (χ2n) is 6.18. The van der Waals surface area contributed by atoms with Crippen LogP contribution < -0.4 is 15.4 Å². The van der Waals surface area contributed by atoms with E-state index in [0.29, 0.717) is 17.8 Å². The van der Waals surface area contributed by atoms with Gasteiger partial charge in [0.15, 0.2) is 5.69 Å². The van der Waals surface area contributed by atoms with Gasteiger partial charge in [0.2, 0.25) is 10.0 Å². The molecule has 4 N–H and O–H groups in total. The van der Waals surface area contributed by atoms with Gasteiger partial charge in [0.25, 0.3) is 5.91 Å². The van der Waals surface area contributed by atoms with E-state index in [9.17, 15) is 13.2 Å². The summed E-state index contributed by atoms with van der Waals surface area (Å²) < 4.78 is 31.9. The van der Waals surface area contributed by atoms with Crippen molar-refractivity contribution >= 4 is 15.9 Å². The third kappa shape index (κ3) is 4.72. The fourth-order valence-electron chi connectivity index (χ4n) is 2.86. The molecular weight excluding hydrogens is 370 g/mol. The smallest absolute Gasteiger partial charge is 0.272 e. The summed E-state index contributed by atoms with van der Waals surface area (Å²) in [6.45, 7) is 2.15. The minimum absolute atomic E-state index is 0.145. The van der Waals surface area contributed by atoms with Crippen LogP contribution in [0.3, 0.4) is 0 Å². The molecule has 0 unspecified atom stereocenters. The molecule has 0 radical (unpaired) electrons. The Bertz CT molecular complexity index is 910. The normalized spacial score (nSPS) is 14.0. The van der Waals surface area contributed by atoms with E-state index < -0.39 is 10.0 Å². The number of hydrogen-bond acceptors (Lipinski definition) is 6. The average Bonchev–Trinajstić information content (AvgIpc) is 3.11. The number of methoxy groups -OCH3 is 1. The van der Waals surface area contributed by atoms with Gasteiger partial charge in [-0.25, -0.2) is 13.1 Å². The van der Waals surface area contributed by atoms with Crippen molar-refractivity contribution in [2.75, 3.05) is 26.8 Å². The predicted octanol–water partition coefficient (Wildman–Crippen LogP) is -0.0899. The molecule has 0 saturated carbocycles. The van der Waals surface area contributed by atoms with Gasteiger partial charge in [-0.15, -0.1) is 0 Å². The molecule has 0 saturated heterocycles. The Labute approximate surface area is 157 Å². The van der Waals surface area contributed by atoms with E-state index in [0.717, 1.165) is 24.2 Å². The number of aromatic amines is 1. The fraction of sp³-hybridized carbons (Fsp3) is 0.412. The van der Waals surface area contributed by atoms with Gasteiger partial charge in [-0.2, -0.15) is 5.10 Å². The van der Waals surface area contributed by atoms with E-state index in [1.165, 1.54) is 19.2 Å². The van der Waals surface area contributed by atoms with E-state index in [2.05, 4.69) is 25.6 Å². The Morgan fingerprint density at radius 2 is 2.22 bits per heavy atom. The average molecular weight is 393 g/mol. The number of benzene rings is 1. The zero-order valence-electron chi connectivity index (χ0n) is 15.0. The van der Waals surface area contributed by atoms with Gasteiger partial charge < -0.3 is 15.4 Å². The number of carbonyl (C=O) groups is 1. The van der Waals surface area contributed by atoms with Crippen LogP contribution in [0.15, 0.2) is 29.2 Å². The van der Waals surface area contributed by atoms with E-state index in [4.69, 9.17) is 4.74 Å². The van der Waals surface area contributed by atoms with Gasteiger partial charge in [-0.1, -0.05) is 12.1 Å². The molecule has 0 spiro atoms. The highest BCUT2D eigenvalue weighted by Gasteiger charge is 2.21. The van der Waals surface area contributed by atoms with Crippen LogP contribution in [0.4, 0.5) is 0 Å². The third-order valence-electron chi connectivity index (χ3n) is 4.28. The number of H-pyrrole nitrogens is 1. The molecule has 27 heavy (non-hydrogen) atoms. The molecule has 0 atom stereocenters. The van der Waals surface area contributed by atoms with Gasteiger partial charge in [-0.3, -0.25) is 9.89 Å². The number of aromatic nitrogens is 2. The van der Waals surface area contributed by atoms with Crippen LogP contribution in [0.25, 0.3) is 0 Å². The number of sulfonamides is 1. The standard InChI is InChI=1S/C17H23N5O4S/c1-26-8-7-20-27(24,25)13-4-2-3-12(9-13)10-19-17(23)16-14-11-18-6-5-15(14)21-22-16/h2-4,9,18,20H,5-8,10-11H2,1H3,(H,19,23)(H,21,22). The summed E-state index contributed by atoms with van der Waals surface area (Å²) >= 11 is 0. The highest BCUT2D eigenvalue weighted by atomic mass is 32.2. The topological polar surface area (TPSA) is 125 Å².